The predicted molar refractivity (Wildman–Crippen MR) is 117 cm³/mol. The van der Waals surface area contributed by atoms with Crippen LogP contribution in [0, 0.1) is 10.8 Å². The summed E-state index contributed by atoms with van der Waals surface area (Å²) in [5.41, 5.74) is 2.88. The topological polar surface area (TPSA) is 32.3 Å². The zero-order valence-electron chi connectivity index (χ0n) is 17.0. The number of aromatic nitrogens is 2. The SMILES string of the molecule is CCC12C=CC1(CC)C1N(c3ccccc3)c3nccnc3N1C1CC=CC=C12. The Bertz CT molecular complexity index is 1060. The molecule has 0 N–H and O–H groups in total. The molecule has 6 rings (SSSR count). The number of para-hydroxylation sites is 1. The van der Waals surface area contributed by atoms with Crippen molar-refractivity contribution < 1.29 is 0 Å². The van der Waals surface area contributed by atoms with Crippen molar-refractivity contribution in [2.24, 2.45) is 10.8 Å². The van der Waals surface area contributed by atoms with Crippen LogP contribution in [0.3, 0.4) is 0 Å². The minimum Gasteiger partial charge on any atom is -0.325 e. The average molecular weight is 383 g/mol. The van der Waals surface area contributed by atoms with Crippen LogP contribution in [-0.2, 0) is 0 Å². The van der Waals surface area contributed by atoms with Crippen LogP contribution in [0.4, 0.5) is 17.3 Å². The molecular formula is C25H26N4. The molecule has 0 bridgehead atoms. The highest BCUT2D eigenvalue weighted by molar-refractivity contribution is 5.81. The molecule has 0 saturated carbocycles. The molecular weight excluding hydrogens is 356 g/mol. The molecule has 4 nitrogen and oxygen atoms in total. The van der Waals surface area contributed by atoms with Crippen LogP contribution in [0.1, 0.15) is 33.1 Å². The van der Waals surface area contributed by atoms with E-state index >= 15 is 0 Å². The van der Waals surface area contributed by atoms with E-state index in [-0.39, 0.29) is 17.0 Å². The minimum atomic E-state index is 0.0352. The summed E-state index contributed by atoms with van der Waals surface area (Å²) >= 11 is 0. The van der Waals surface area contributed by atoms with Gasteiger partial charge in [0.15, 0.2) is 11.6 Å². The Morgan fingerprint density at radius 2 is 1.79 bits per heavy atom. The number of nitrogens with zero attached hydrogens (tertiary/aromatic N) is 4. The lowest BCUT2D eigenvalue weighted by molar-refractivity contribution is 0.0573. The van der Waals surface area contributed by atoms with E-state index in [0.717, 1.165) is 30.9 Å². The lowest BCUT2D eigenvalue weighted by atomic mass is 9.45. The normalized spacial score (nSPS) is 33.4. The number of rotatable bonds is 3. The van der Waals surface area contributed by atoms with Crippen LogP contribution in [-0.4, -0.2) is 22.2 Å². The number of hydrogen-bond acceptors (Lipinski definition) is 4. The Morgan fingerprint density at radius 1 is 1.00 bits per heavy atom. The Kier molecular flexibility index (Phi) is 3.41. The lowest BCUT2D eigenvalue weighted by Gasteiger charge is -2.67. The van der Waals surface area contributed by atoms with Gasteiger partial charge in [-0.3, -0.25) is 0 Å². The van der Waals surface area contributed by atoms with Gasteiger partial charge < -0.3 is 9.80 Å². The van der Waals surface area contributed by atoms with E-state index in [9.17, 15) is 0 Å². The molecule has 4 aliphatic rings. The second kappa shape index (κ2) is 5.82. The second-order valence-electron chi connectivity index (χ2n) is 8.54. The minimum absolute atomic E-state index is 0.0352. The molecule has 29 heavy (non-hydrogen) atoms. The first-order valence-electron chi connectivity index (χ1n) is 10.8. The van der Waals surface area contributed by atoms with Crippen LogP contribution in [0.5, 0.6) is 0 Å². The highest BCUT2D eigenvalue weighted by Crippen LogP contribution is 2.69. The van der Waals surface area contributed by atoms with Gasteiger partial charge in [0, 0.05) is 28.9 Å². The van der Waals surface area contributed by atoms with Crippen LogP contribution in [0.15, 0.2) is 78.7 Å². The molecule has 1 saturated heterocycles. The number of benzene rings is 1. The van der Waals surface area contributed by atoms with Crippen LogP contribution < -0.4 is 9.80 Å². The van der Waals surface area contributed by atoms with Gasteiger partial charge in [-0.05, 0) is 37.0 Å². The van der Waals surface area contributed by atoms with Gasteiger partial charge in [0.2, 0.25) is 0 Å². The molecule has 1 fully saturated rings. The Labute approximate surface area is 172 Å². The fourth-order valence-electron chi connectivity index (χ4n) is 6.45. The van der Waals surface area contributed by atoms with Crippen molar-refractivity contribution in [3.8, 4) is 0 Å². The van der Waals surface area contributed by atoms with E-state index in [1.165, 1.54) is 5.69 Å². The van der Waals surface area contributed by atoms with E-state index in [2.05, 4.69) is 84.4 Å². The zero-order valence-corrected chi connectivity index (χ0v) is 17.0. The van der Waals surface area contributed by atoms with Crippen molar-refractivity contribution in [3.05, 3.63) is 78.7 Å². The molecule has 3 heterocycles. The number of anilines is 3. The average Bonchev–Trinajstić information content (AvgIpc) is 3.10. The maximum Gasteiger partial charge on any atom is 0.178 e. The summed E-state index contributed by atoms with van der Waals surface area (Å²) < 4.78 is 0. The first-order chi connectivity index (χ1) is 14.3. The van der Waals surface area contributed by atoms with Crippen molar-refractivity contribution >= 4 is 17.3 Å². The van der Waals surface area contributed by atoms with Gasteiger partial charge >= 0.3 is 0 Å². The first-order valence-corrected chi connectivity index (χ1v) is 10.8. The highest BCUT2D eigenvalue weighted by Gasteiger charge is 2.68. The third-order valence-electron chi connectivity index (χ3n) is 7.76. The monoisotopic (exact) mass is 382 g/mol. The molecule has 1 aromatic carbocycles. The number of allylic oxidation sites excluding steroid dienone is 3. The summed E-state index contributed by atoms with van der Waals surface area (Å²) in [5, 5.41) is 0. The molecule has 4 heteroatoms. The smallest absolute Gasteiger partial charge is 0.178 e. The Hall–Kier alpha value is -2.88. The predicted octanol–water partition coefficient (Wildman–Crippen LogP) is 5.39. The summed E-state index contributed by atoms with van der Waals surface area (Å²) in [6.45, 7) is 4.70. The molecule has 4 atom stereocenters. The zero-order chi connectivity index (χ0) is 19.6. The van der Waals surface area contributed by atoms with E-state index in [0.29, 0.717) is 6.04 Å². The molecule has 0 radical (unpaired) electrons. The van der Waals surface area contributed by atoms with E-state index in [4.69, 9.17) is 9.97 Å². The first kappa shape index (κ1) is 17.0. The quantitative estimate of drug-likeness (QED) is 0.666. The maximum atomic E-state index is 4.85. The molecule has 2 aromatic rings. The molecule has 4 unspecified atom stereocenters. The van der Waals surface area contributed by atoms with E-state index < -0.39 is 0 Å². The summed E-state index contributed by atoms with van der Waals surface area (Å²) in [7, 11) is 0. The summed E-state index contributed by atoms with van der Waals surface area (Å²) in [6, 6.07) is 11.1. The molecule has 0 amide bonds. The van der Waals surface area contributed by atoms with Gasteiger partial charge in [-0.2, -0.15) is 0 Å². The van der Waals surface area contributed by atoms with Crippen LogP contribution >= 0.6 is 0 Å². The van der Waals surface area contributed by atoms with Crippen molar-refractivity contribution in [1.29, 1.82) is 0 Å². The van der Waals surface area contributed by atoms with Crippen LogP contribution in [0.2, 0.25) is 0 Å². The van der Waals surface area contributed by atoms with Crippen molar-refractivity contribution in [3.63, 3.8) is 0 Å². The van der Waals surface area contributed by atoms with Crippen molar-refractivity contribution in [2.45, 2.75) is 45.3 Å². The van der Waals surface area contributed by atoms with Gasteiger partial charge in [-0.15, -0.1) is 0 Å². The van der Waals surface area contributed by atoms with Gasteiger partial charge in [-0.1, -0.05) is 62.4 Å². The second-order valence-corrected chi connectivity index (χ2v) is 8.54. The molecule has 0 spiro atoms. The van der Waals surface area contributed by atoms with E-state index in [1.807, 2.05) is 12.4 Å². The standard InChI is InChI=1S/C25H26N4/c1-3-24-14-15-25(24,4-2)23-28(18-10-6-5-7-11-18)21-22(27-17-16-26-21)29(23)20-13-9-8-12-19(20)24/h5-12,14-17,20,23H,3-4,13H2,1-2H3. The molecule has 146 valence electrons. The number of fused-ring (bicyclic) bond motifs is 8. The fraction of sp³-hybridized carbons (Fsp3) is 0.360. The lowest BCUT2D eigenvalue weighted by Crippen LogP contribution is -2.70. The van der Waals surface area contributed by atoms with Crippen molar-refractivity contribution in [2.75, 3.05) is 9.80 Å². The largest absolute Gasteiger partial charge is 0.325 e. The van der Waals surface area contributed by atoms with Gasteiger partial charge in [-0.25, -0.2) is 9.97 Å². The van der Waals surface area contributed by atoms with Gasteiger partial charge in [0.25, 0.3) is 0 Å². The molecule has 2 aliphatic carbocycles. The summed E-state index contributed by atoms with van der Waals surface area (Å²) in [4.78, 5) is 14.7. The van der Waals surface area contributed by atoms with Crippen molar-refractivity contribution in [1.82, 2.24) is 9.97 Å². The van der Waals surface area contributed by atoms with Crippen LogP contribution in [0.25, 0.3) is 0 Å². The van der Waals surface area contributed by atoms with E-state index in [1.54, 1.807) is 5.57 Å². The third-order valence-corrected chi connectivity index (χ3v) is 7.76. The Morgan fingerprint density at radius 3 is 2.48 bits per heavy atom. The maximum absolute atomic E-state index is 4.85. The number of piperidine rings is 1. The highest BCUT2D eigenvalue weighted by atomic mass is 15.5. The molecule has 2 aliphatic heterocycles. The fourth-order valence-corrected chi connectivity index (χ4v) is 6.45. The van der Waals surface area contributed by atoms with Gasteiger partial charge in [0.05, 0.1) is 6.04 Å². The number of hydrogen-bond donors (Lipinski definition) is 0. The molecule has 1 aromatic heterocycles. The third kappa shape index (κ3) is 1.85. The Balaban J connectivity index is 1.65. The summed E-state index contributed by atoms with van der Waals surface area (Å²) in [6.07, 6.45) is 19.0. The van der Waals surface area contributed by atoms with Gasteiger partial charge in [0.1, 0.15) is 6.17 Å². The summed E-state index contributed by atoms with van der Waals surface area (Å²) in [5.74, 6) is 2.00.